The van der Waals surface area contributed by atoms with Crippen LogP contribution in [0.4, 0.5) is 0 Å². The number of likely N-dealkylation sites (tertiary alicyclic amines) is 1. The van der Waals surface area contributed by atoms with Gasteiger partial charge >= 0.3 is 0 Å². The summed E-state index contributed by atoms with van der Waals surface area (Å²) in [6.45, 7) is 2.97. The third-order valence-electron chi connectivity index (χ3n) is 5.44. The molecule has 1 saturated heterocycles. The number of amides is 1. The molecule has 5 heteroatoms. The summed E-state index contributed by atoms with van der Waals surface area (Å²) < 4.78 is 11.1. The molecule has 0 aromatic heterocycles. The Kier molecular flexibility index (Phi) is 5.63. The summed E-state index contributed by atoms with van der Waals surface area (Å²) in [4.78, 5) is 15.2. The van der Waals surface area contributed by atoms with Crippen molar-refractivity contribution in [2.24, 2.45) is 0 Å². The maximum absolute atomic E-state index is 12.8. The Hall–Kier alpha value is -2.79. The molecular formula is C23H26N2O3. The van der Waals surface area contributed by atoms with E-state index in [0.29, 0.717) is 18.7 Å². The molecule has 4 rings (SSSR count). The lowest BCUT2D eigenvalue weighted by molar-refractivity contribution is -0.118. The number of carbonyl (C=O) groups excluding carboxylic acids is 1. The van der Waals surface area contributed by atoms with Crippen LogP contribution in [0.15, 0.2) is 54.1 Å². The van der Waals surface area contributed by atoms with Gasteiger partial charge in [0.25, 0.3) is 5.91 Å². The average Bonchev–Trinajstić information content (AvgIpc) is 3.28. The van der Waals surface area contributed by atoms with Crippen LogP contribution in [0.2, 0.25) is 0 Å². The first-order chi connectivity index (χ1) is 13.7. The van der Waals surface area contributed by atoms with E-state index in [-0.39, 0.29) is 11.9 Å². The smallest absolute Gasteiger partial charge is 0.250 e. The van der Waals surface area contributed by atoms with Crippen molar-refractivity contribution in [3.05, 3.63) is 65.2 Å². The summed E-state index contributed by atoms with van der Waals surface area (Å²) in [5.41, 5.74) is 2.77. The van der Waals surface area contributed by atoms with Crippen molar-refractivity contribution in [2.45, 2.75) is 18.9 Å². The highest BCUT2D eigenvalue weighted by molar-refractivity contribution is 5.99. The lowest BCUT2D eigenvalue weighted by Gasteiger charge is -2.29. The van der Waals surface area contributed by atoms with Gasteiger partial charge in [-0.25, -0.2) is 0 Å². The predicted molar refractivity (Wildman–Crippen MR) is 109 cm³/mol. The fraction of sp³-hybridized carbons (Fsp3) is 0.348. The van der Waals surface area contributed by atoms with Crippen LogP contribution < -0.4 is 14.8 Å². The number of carbonyl (C=O) groups is 1. The summed E-state index contributed by atoms with van der Waals surface area (Å²) in [6.07, 6.45) is 4.32. The van der Waals surface area contributed by atoms with Crippen LogP contribution in [0.3, 0.4) is 0 Å². The SMILES string of the molecule is COc1cccc(C(CNC(=O)C2=Cc3ccccc3OC2)N2CCCC2)c1. The molecule has 2 aromatic rings. The molecular weight excluding hydrogens is 352 g/mol. The van der Waals surface area contributed by atoms with Crippen LogP contribution in [0.5, 0.6) is 11.5 Å². The Morgan fingerprint density at radius 2 is 2.00 bits per heavy atom. The maximum Gasteiger partial charge on any atom is 0.250 e. The van der Waals surface area contributed by atoms with Crippen molar-refractivity contribution in [3.8, 4) is 11.5 Å². The number of nitrogens with zero attached hydrogens (tertiary/aromatic N) is 1. The lowest BCUT2D eigenvalue weighted by Crippen LogP contribution is -2.38. The van der Waals surface area contributed by atoms with Gasteiger partial charge in [0.2, 0.25) is 0 Å². The number of fused-ring (bicyclic) bond motifs is 1. The van der Waals surface area contributed by atoms with E-state index in [1.165, 1.54) is 18.4 Å². The van der Waals surface area contributed by atoms with Gasteiger partial charge in [0.1, 0.15) is 18.1 Å². The average molecular weight is 378 g/mol. The topological polar surface area (TPSA) is 50.8 Å². The highest BCUT2D eigenvalue weighted by atomic mass is 16.5. The van der Waals surface area contributed by atoms with E-state index in [0.717, 1.165) is 30.2 Å². The number of rotatable bonds is 6. The zero-order valence-electron chi connectivity index (χ0n) is 16.2. The fourth-order valence-electron chi connectivity index (χ4n) is 3.91. The van der Waals surface area contributed by atoms with Gasteiger partial charge in [0.05, 0.1) is 18.7 Å². The van der Waals surface area contributed by atoms with Gasteiger partial charge in [-0.1, -0.05) is 30.3 Å². The van der Waals surface area contributed by atoms with Crippen molar-refractivity contribution in [3.63, 3.8) is 0 Å². The Balaban J connectivity index is 1.48. The fourth-order valence-corrected chi connectivity index (χ4v) is 3.91. The minimum absolute atomic E-state index is 0.0680. The third-order valence-corrected chi connectivity index (χ3v) is 5.44. The molecule has 2 heterocycles. The minimum atomic E-state index is -0.0680. The molecule has 2 aliphatic rings. The van der Waals surface area contributed by atoms with Crippen molar-refractivity contribution >= 4 is 12.0 Å². The van der Waals surface area contributed by atoms with Crippen molar-refractivity contribution < 1.29 is 14.3 Å². The quantitative estimate of drug-likeness (QED) is 0.837. The van der Waals surface area contributed by atoms with Crippen molar-refractivity contribution in [2.75, 3.05) is 33.4 Å². The number of hydrogen-bond acceptors (Lipinski definition) is 4. The molecule has 0 aliphatic carbocycles. The molecule has 0 saturated carbocycles. The van der Waals surface area contributed by atoms with E-state index in [2.05, 4.69) is 22.3 Å². The highest BCUT2D eigenvalue weighted by Gasteiger charge is 2.25. The van der Waals surface area contributed by atoms with Crippen LogP contribution in [0, 0.1) is 0 Å². The molecule has 1 unspecified atom stereocenters. The largest absolute Gasteiger partial charge is 0.497 e. The molecule has 0 spiro atoms. The molecule has 0 bridgehead atoms. The van der Waals surface area contributed by atoms with Crippen LogP contribution in [0.1, 0.15) is 30.0 Å². The molecule has 146 valence electrons. The van der Waals surface area contributed by atoms with Crippen LogP contribution >= 0.6 is 0 Å². The number of hydrogen-bond donors (Lipinski definition) is 1. The molecule has 1 atom stereocenters. The second kappa shape index (κ2) is 8.48. The van der Waals surface area contributed by atoms with Crippen LogP contribution in [-0.2, 0) is 4.79 Å². The maximum atomic E-state index is 12.8. The zero-order chi connectivity index (χ0) is 19.3. The normalized spacial score (nSPS) is 17.2. The summed E-state index contributed by atoms with van der Waals surface area (Å²) in [7, 11) is 1.68. The van der Waals surface area contributed by atoms with Gasteiger partial charge in [-0.05, 0) is 55.8 Å². The lowest BCUT2D eigenvalue weighted by atomic mass is 10.0. The molecule has 5 nitrogen and oxygen atoms in total. The molecule has 0 radical (unpaired) electrons. The number of ether oxygens (including phenoxy) is 2. The number of benzene rings is 2. The van der Waals surface area contributed by atoms with Gasteiger partial charge in [-0.3, -0.25) is 9.69 Å². The highest BCUT2D eigenvalue weighted by Crippen LogP contribution is 2.28. The number of methoxy groups -OCH3 is 1. The van der Waals surface area contributed by atoms with Crippen molar-refractivity contribution in [1.29, 1.82) is 0 Å². The Labute approximate surface area is 165 Å². The predicted octanol–water partition coefficient (Wildman–Crippen LogP) is 3.42. The first-order valence-electron chi connectivity index (χ1n) is 9.83. The Bertz CT molecular complexity index is 872. The molecule has 1 amide bonds. The number of nitrogens with one attached hydrogen (secondary N) is 1. The van der Waals surface area contributed by atoms with E-state index in [4.69, 9.17) is 9.47 Å². The second-order valence-electron chi connectivity index (χ2n) is 7.24. The van der Waals surface area contributed by atoms with Gasteiger partial charge in [-0.15, -0.1) is 0 Å². The van der Waals surface area contributed by atoms with Crippen LogP contribution in [-0.4, -0.2) is 44.2 Å². The molecule has 28 heavy (non-hydrogen) atoms. The van der Waals surface area contributed by atoms with Gasteiger partial charge in [0, 0.05) is 12.1 Å². The summed E-state index contributed by atoms with van der Waals surface area (Å²) in [5.74, 6) is 1.60. The summed E-state index contributed by atoms with van der Waals surface area (Å²) in [6, 6.07) is 16.0. The van der Waals surface area contributed by atoms with E-state index in [9.17, 15) is 4.79 Å². The zero-order valence-corrected chi connectivity index (χ0v) is 16.2. The van der Waals surface area contributed by atoms with E-state index >= 15 is 0 Å². The van der Waals surface area contributed by atoms with Crippen LogP contribution in [0.25, 0.3) is 6.08 Å². The first kappa shape index (κ1) is 18.6. The van der Waals surface area contributed by atoms with E-state index in [1.807, 2.05) is 42.5 Å². The molecule has 1 fully saturated rings. The minimum Gasteiger partial charge on any atom is -0.497 e. The molecule has 1 N–H and O–H groups in total. The molecule has 2 aliphatic heterocycles. The van der Waals surface area contributed by atoms with Gasteiger partial charge in [-0.2, -0.15) is 0 Å². The monoisotopic (exact) mass is 378 g/mol. The standard InChI is InChI=1S/C23H26N2O3/c1-27-20-9-6-8-17(14-20)21(25-11-4-5-12-25)15-24-23(26)19-13-18-7-2-3-10-22(18)28-16-19/h2-3,6-10,13-14,21H,4-5,11-12,15-16H2,1H3,(H,24,26). The van der Waals surface area contributed by atoms with E-state index in [1.54, 1.807) is 7.11 Å². The van der Waals surface area contributed by atoms with Gasteiger partial charge < -0.3 is 14.8 Å². The molecule has 2 aromatic carbocycles. The van der Waals surface area contributed by atoms with Crippen molar-refractivity contribution in [1.82, 2.24) is 10.2 Å². The number of para-hydroxylation sites is 1. The Morgan fingerprint density at radius 1 is 1.18 bits per heavy atom. The third kappa shape index (κ3) is 4.04. The second-order valence-corrected chi connectivity index (χ2v) is 7.24. The van der Waals surface area contributed by atoms with E-state index < -0.39 is 0 Å². The van der Waals surface area contributed by atoms with Gasteiger partial charge in [0.15, 0.2) is 0 Å². The summed E-state index contributed by atoms with van der Waals surface area (Å²) >= 11 is 0. The first-order valence-corrected chi connectivity index (χ1v) is 9.83. The Morgan fingerprint density at radius 3 is 2.82 bits per heavy atom. The summed E-state index contributed by atoms with van der Waals surface area (Å²) in [5, 5.41) is 3.13.